The van der Waals surface area contributed by atoms with Crippen molar-refractivity contribution in [2.45, 2.75) is 24.9 Å². The molecule has 0 aromatic heterocycles. The van der Waals surface area contributed by atoms with Crippen LogP contribution in [0.25, 0.3) is 0 Å². The second-order valence-corrected chi connectivity index (χ2v) is 4.60. The molecule has 0 aliphatic heterocycles. The Balaban J connectivity index is 2.60. The van der Waals surface area contributed by atoms with E-state index in [4.69, 9.17) is 10.8 Å². The fraction of sp³-hybridized carbons (Fsp3) is 0.357. The number of esters is 1. The van der Waals surface area contributed by atoms with Crippen LogP contribution in [0.3, 0.4) is 0 Å². The lowest BCUT2D eigenvalue weighted by atomic mass is 10.1. The molecule has 120 valence electrons. The van der Waals surface area contributed by atoms with Crippen molar-refractivity contribution in [1.29, 1.82) is 0 Å². The minimum atomic E-state index is -1.21. The van der Waals surface area contributed by atoms with Crippen LogP contribution in [-0.4, -0.2) is 42.1 Å². The van der Waals surface area contributed by atoms with Gasteiger partial charge < -0.3 is 15.6 Å². The third kappa shape index (κ3) is 5.90. The monoisotopic (exact) mass is 309 g/mol. The first kappa shape index (κ1) is 17.6. The minimum absolute atomic E-state index is 0.294. The van der Waals surface area contributed by atoms with E-state index in [0.29, 0.717) is 6.42 Å². The summed E-state index contributed by atoms with van der Waals surface area (Å²) in [5.74, 6) is -2.46. The summed E-state index contributed by atoms with van der Waals surface area (Å²) in [5.41, 5.74) is 11.1. The van der Waals surface area contributed by atoms with Gasteiger partial charge in [-0.3, -0.25) is 19.8 Å². The predicted molar refractivity (Wildman–Crippen MR) is 77.5 cm³/mol. The maximum Gasteiger partial charge on any atom is 0.325 e. The number of ether oxygens (including phenoxy) is 1. The highest BCUT2D eigenvalue weighted by molar-refractivity contribution is 5.86. The Morgan fingerprint density at radius 2 is 1.91 bits per heavy atom. The molecule has 0 radical (unpaired) electrons. The van der Waals surface area contributed by atoms with Crippen molar-refractivity contribution >= 4 is 17.8 Å². The molecule has 0 unspecified atom stereocenters. The lowest BCUT2D eigenvalue weighted by Crippen LogP contribution is -2.54. The van der Waals surface area contributed by atoms with Gasteiger partial charge in [0.1, 0.15) is 6.04 Å². The van der Waals surface area contributed by atoms with Crippen LogP contribution < -0.4 is 16.6 Å². The molecule has 5 N–H and O–H groups in total. The third-order valence-corrected chi connectivity index (χ3v) is 2.87. The Bertz CT molecular complexity index is 520. The van der Waals surface area contributed by atoms with E-state index in [0.717, 1.165) is 5.56 Å². The molecule has 0 aliphatic carbocycles. The number of rotatable bonds is 8. The van der Waals surface area contributed by atoms with E-state index in [1.807, 2.05) is 30.3 Å². The Morgan fingerprint density at radius 3 is 2.45 bits per heavy atom. The topological polar surface area (TPSA) is 131 Å². The summed E-state index contributed by atoms with van der Waals surface area (Å²) in [6.45, 7) is 0. The van der Waals surface area contributed by atoms with Gasteiger partial charge in [0.05, 0.1) is 19.6 Å². The van der Waals surface area contributed by atoms with Crippen LogP contribution in [0.15, 0.2) is 30.3 Å². The fourth-order valence-corrected chi connectivity index (χ4v) is 1.72. The SMILES string of the molecule is COC(=O)[C@H](Cc1ccccc1)NNC(=O)[C@@H](N)CC(=O)O. The van der Waals surface area contributed by atoms with Gasteiger partial charge in [-0.2, -0.15) is 0 Å². The number of benzene rings is 1. The normalized spacial score (nSPS) is 13.0. The molecule has 0 aliphatic rings. The van der Waals surface area contributed by atoms with Crippen LogP contribution >= 0.6 is 0 Å². The first-order valence-corrected chi connectivity index (χ1v) is 6.58. The van der Waals surface area contributed by atoms with Gasteiger partial charge >= 0.3 is 11.9 Å². The predicted octanol–water partition coefficient (Wildman–Crippen LogP) is -0.806. The molecule has 0 spiro atoms. The summed E-state index contributed by atoms with van der Waals surface area (Å²) in [6, 6.07) is 7.13. The standard InChI is InChI=1S/C14H19N3O5/c1-22-14(21)11(7-9-5-3-2-4-6-9)16-17-13(20)10(15)8-12(18)19/h2-6,10-11,16H,7-8,15H2,1H3,(H,17,20)(H,18,19)/t10-,11-/m0/s1. The largest absolute Gasteiger partial charge is 0.481 e. The molecule has 22 heavy (non-hydrogen) atoms. The van der Waals surface area contributed by atoms with Gasteiger partial charge in [0, 0.05) is 6.42 Å². The number of hydrogen-bond donors (Lipinski definition) is 4. The quantitative estimate of drug-likeness (QED) is 0.365. The molecule has 0 bridgehead atoms. The van der Waals surface area contributed by atoms with E-state index in [1.165, 1.54) is 7.11 Å². The summed E-state index contributed by atoms with van der Waals surface area (Å²) in [5, 5.41) is 8.58. The smallest absolute Gasteiger partial charge is 0.325 e. The highest BCUT2D eigenvalue weighted by atomic mass is 16.5. The van der Waals surface area contributed by atoms with Gasteiger partial charge in [0.25, 0.3) is 5.91 Å². The first-order chi connectivity index (χ1) is 10.4. The second-order valence-electron chi connectivity index (χ2n) is 4.60. The molecule has 1 rings (SSSR count). The average Bonchev–Trinajstić information content (AvgIpc) is 2.50. The van der Waals surface area contributed by atoms with Crippen LogP contribution in [0.5, 0.6) is 0 Å². The van der Waals surface area contributed by atoms with Gasteiger partial charge in [-0.15, -0.1) is 0 Å². The van der Waals surface area contributed by atoms with Crippen LogP contribution in [0, 0.1) is 0 Å². The van der Waals surface area contributed by atoms with Crippen molar-refractivity contribution in [2.75, 3.05) is 7.11 Å². The number of carboxylic acid groups (broad SMARTS) is 1. The minimum Gasteiger partial charge on any atom is -0.481 e. The number of nitrogens with one attached hydrogen (secondary N) is 2. The zero-order valence-electron chi connectivity index (χ0n) is 12.1. The zero-order valence-corrected chi connectivity index (χ0v) is 12.1. The fourth-order valence-electron chi connectivity index (χ4n) is 1.72. The Morgan fingerprint density at radius 1 is 1.27 bits per heavy atom. The summed E-state index contributed by atoms with van der Waals surface area (Å²) in [6.07, 6.45) is -0.211. The van der Waals surface area contributed by atoms with Crippen LogP contribution in [0.4, 0.5) is 0 Å². The van der Waals surface area contributed by atoms with Crippen LogP contribution in [-0.2, 0) is 25.5 Å². The average molecular weight is 309 g/mol. The zero-order chi connectivity index (χ0) is 16.5. The second kappa shape index (κ2) is 8.75. The number of hydrogen-bond acceptors (Lipinski definition) is 6. The number of hydrazine groups is 1. The molecule has 1 aromatic rings. The number of carboxylic acids is 1. The Kier molecular flexibility index (Phi) is 7.00. The third-order valence-electron chi connectivity index (χ3n) is 2.87. The molecular weight excluding hydrogens is 290 g/mol. The molecule has 2 atom stereocenters. The molecule has 0 saturated heterocycles. The molecule has 1 amide bonds. The Labute approximate surface area is 127 Å². The van der Waals surface area contributed by atoms with Crippen molar-refractivity contribution in [3.05, 3.63) is 35.9 Å². The summed E-state index contributed by atoms with van der Waals surface area (Å²) < 4.78 is 4.66. The number of nitrogens with two attached hydrogens (primary N) is 1. The van der Waals surface area contributed by atoms with Crippen LogP contribution in [0.1, 0.15) is 12.0 Å². The van der Waals surface area contributed by atoms with Gasteiger partial charge in [0.2, 0.25) is 0 Å². The van der Waals surface area contributed by atoms with E-state index in [9.17, 15) is 14.4 Å². The van der Waals surface area contributed by atoms with E-state index < -0.39 is 36.4 Å². The van der Waals surface area contributed by atoms with Crippen LogP contribution in [0.2, 0.25) is 0 Å². The molecule has 0 heterocycles. The van der Waals surface area contributed by atoms with Gasteiger partial charge in [-0.1, -0.05) is 30.3 Å². The highest BCUT2D eigenvalue weighted by Crippen LogP contribution is 2.04. The van der Waals surface area contributed by atoms with Gasteiger partial charge in [-0.05, 0) is 5.56 Å². The highest BCUT2D eigenvalue weighted by Gasteiger charge is 2.22. The summed E-state index contributed by atoms with van der Waals surface area (Å²) in [7, 11) is 1.24. The number of carbonyl (C=O) groups excluding carboxylic acids is 2. The molecule has 0 saturated carbocycles. The molecule has 8 heteroatoms. The van der Waals surface area contributed by atoms with Crippen molar-refractivity contribution < 1.29 is 24.2 Å². The lowest BCUT2D eigenvalue weighted by Gasteiger charge is -2.18. The Hall–Kier alpha value is -2.45. The number of aliphatic carboxylic acids is 1. The van der Waals surface area contributed by atoms with Crippen molar-refractivity contribution in [2.24, 2.45) is 5.73 Å². The van der Waals surface area contributed by atoms with E-state index in [1.54, 1.807) is 0 Å². The van der Waals surface area contributed by atoms with Gasteiger partial charge in [0.15, 0.2) is 0 Å². The van der Waals surface area contributed by atoms with Crippen molar-refractivity contribution in [3.8, 4) is 0 Å². The van der Waals surface area contributed by atoms with Gasteiger partial charge in [-0.25, -0.2) is 5.43 Å². The van der Waals surface area contributed by atoms with E-state index in [2.05, 4.69) is 15.6 Å². The maximum atomic E-state index is 11.7. The van der Waals surface area contributed by atoms with E-state index in [-0.39, 0.29) is 0 Å². The van der Waals surface area contributed by atoms with E-state index >= 15 is 0 Å². The maximum absolute atomic E-state index is 11.7. The first-order valence-electron chi connectivity index (χ1n) is 6.58. The summed E-state index contributed by atoms with van der Waals surface area (Å²) in [4.78, 5) is 33.8. The molecule has 1 aromatic carbocycles. The molecule has 8 nitrogen and oxygen atoms in total. The number of methoxy groups -OCH3 is 1. The lowest BCUT2D eigenvalue weighted by molar-refractivity contribution is -0.144. The molecule has 0 fully saturated rings. The van der Waals surface area contributed by atoms with Crippen molar-refractivity contribution in [1.82, 2.24) is 10.9 Å². The molecular formula is C14H19N3O5. The van der Waals surface area contributed by atoms with Crippen molar-refractivity contribution in [3.63, 3.8) is 0 Å². The number of carbonyl (C=O) groups is 3. The number of amides is 1. The summed E-state index contributed by atoms with van der Waals surface area (Å²) >= 11 is 0.